The van der Waals surface area contributed by atoms with Crippen molar-refractivity contribution in [1.82, 2.24) is 0 Å². The first-order valence-corrected chi connectivity index (χ1v) is 12.0. The molecule has 2 amide bonds. The van der Waals surface area contributed by atoms with Crippen molar-refractivity contribution < 1.29 is 57.9 Å². The van der Waals surface area contributed by atoms with Gasteiger partial charge in [0.05, 0.1) is 22.9 Å². The van der Waals surface area contributed by atoms with Crippen LogP contribution in [-0.4, -0.2) is 31.2 Å². The lowest BCUT2D eigenvalue weighted by Crippen LogP contribution is -2.50. The summed E-state index contributed by atoms with van der Waals surface area (Å²) in [6.07, 6.45) is -19.4. The van der Waals surface area contributed by atoms with Gasteiger partial charge in [0, 0.05) is 39.3 Å². The third kappa shape index (κ3) is 5.88. The summed E-state index contributed by atoms with van der Waals surface area (Å²) in [4.78, 5) is 25.8. The van der Waals surface area contributed by atoms with Crippen LogP contribution in [0.5, 0.6) is 0 Å². The lowest BCUT2D eigenvalue weighted by Gasteiger charge is -2.32. The van der Waals surface area contributed by atoms with E-state index in [1.165, 1.54) is 12.1 Å². The molecule has 0 atom stereocenters. The lowest BCUT2D eigenvalue weighted by molar-refractivity contribution is -0.348. The molecule has 2 N–H and O–H groups in total. The molecular formula is C26H13BrF11N3O2. The Hall–Kier alpha value is -4.20. The number of nitrogens with two attached hydrogens (primary N) is 1. The molecule has 0 fully saturated rings. The normalized spacial score (nSPS) is 12.6. The van der Waals surface area contributed by atoms with E-state index in [0.29, 0.717) is 17.0 Å². The molecule has 0 spiro atoms. The van der Waals surface area contributed by atoms with Gasteiger partial charge in [0.2, 0.25) is 5.91 Å². The molecule has 0 aliphatic carbocycles. The molecule has 0 aliphatic heterocycles. The van der Waals surface area contributed by atoms with Gasteiger partial charge in [0.15, 0.2) is 0 Å². The molecule has 0 radical (unpaired) electrons. The van der Waals surface area contributed by atoms with Gasteiger partial charge < -0.3 is 10.6 Å². The van der Waals surface area contributed by atoms with E-state index < -0.39 is 85.9 Å². The maximum Gasteiger partial charge on any atom is 0.435 e. The minimum absolute atomic E-state index is 0.0855. The van der Waals surface area contributed by atoms with E-state index >= 15 is 4.39 Å². The molecule has 0 saturated heterocycles. The van der Waals surface area contributed by atoms with Crippen LogP contribution in [0.25, 0.3) is 11.1 Å². The quantitative estimate of drug-likeness (QED) is 0.278. The predicted molar refractivity (Wildman–Crippen MR) is 132 cm³/mol. The Labute approximate surface area is 242 Å². The van der Waals surface area contributed by atoms with Crippen molar-refractivity contribution in [3.05, 3.63) is 86.6 Å². The molecule has 228 valence electrons. The smallest absolute Gasteiger partial charge is 0.366 e. The lowest BCUT2D eigenvalue weighted by atomic mass is 9.86. The summed E-state index contributed by atoms with van der Waals surface area (Å²) in [5.74, 6) is -4.14. The standard InChI is InChI=1S/C26H13BrF11N3O2/c1-41(22(43)12-4-2-11(10-39)3-5-12)20-17(28)7-6-14(21(40)42)18(20)19-15(24(30,31)32)8-13(9-16(19)27)23(29,25(33,34)35)26(36,37)38/h2-9H,1H3,(H2,40,42). The van der Waals surface area contributed by atoms with Crippen LogP contribution in [0.4, 0.5) is 54.0 Å². The summed E-state index contributed by atoms with van der Waals surface area (Å²) in [7, 11) is 0.836. The van der Waals surface area contributed by atoms with Gasteiger partial charge in [-0.05, 0) is 48.5 Å². The number of hydrogen-bond acceptors (Lipinski definition) is 3. The topological polar surface area (TPSA) is 87.2 Å². The fourth-order valence-corrected chi connectivity index (χ4v) is 4.76. The van der Waals surface area contributed by atoms with Gasteiger partial charge in [0.1, 0.15) is 5.82 Å². The van der Waals surface area contributed by atoms with Gasteiger partial charge >= 0.3 is 24.2 Å². The highest BCUT2D eigenvalue weighted by Crippen LogP contribution is 2.56. The molecule has 5 nitrogen and oxygen atoms in total. The molecule has 43 heavy (non-hydrogen) atoms. The number of halogens is 12. The maximum absolute atomic E-state index is 15.3. The number of alkyl halides is 10. The highest BCUT2D eigenvalue weighted by Gasteiger charge is 2.73. The van der Waals surface area contributed by atoms with Crippen LogP contribution < -0.4 is 10.6 Å². The largest absolute Gasteiger partial charge is 0.435 e. The van der Waals surface area contributed by atoms with Crippen LogP contribution in [0.2, 0.25) is 0 Å². The Balaban J connectivity index is 2.48. The third-order valence-corrected chi connectivity index (χ3v) is 6.75. The second kappa shape index (κ2) is 11.1. The molecule has 0 aromatic heterocycles. The number of benzene rings is 3. The Kier molecular flexibility index (Phi) is 8.62. The molecule has 3 aromatic carbocycles. The van der Waals surface area contributed by atoms with E-state index in [1.807, 2.05) is 0 Å². The zero-order valence-corrected chi connectivity index (χ0v) is 22.5. The second-order valence-corrected chi connectivity index (χ2v) is 9.62. The summed E-state index contributed by atoms with van der Waals surface area (Å²) < 4.78 is 152. The highest BCUT2D eigenvalue weighted by atomic mass is 79.9. The molecule has 0 unspecified atom stereocenters. The average Bonchev–Trinajstić information content (AvgIpc) is 2.89. The van der Waals surface area contributed by atoms with Gasteiger partial charge in [-0.2, -0.15) is 44.8 Å². The van der Waals surface area contributed by atoms with Gasteiger partial charge in [-0.25, -0.2) is 8.78 Å². The summed E-state index contributed by atoms with van der Waals surface area (Å²) in [5.41, 5.74) is -10.7. The molecule has 0 saturated carbocycles. The van der Waals surface area contributed by atoms with Crippen LogP contribution in [0.1, 0.15) is 37.4 Å². The molecular weight excluding hydrogens is 675 g/mol. The Morgan fingerprint density at radius 2 is 1.40 bits per heavy atom. The molecule has 3 aromatic rings. The molecule has 0 heterocycles. The zero-order valence-electron chi connectivity index (χ0n) is 20.9. The van der Waals surface area contributed by atoms with Crippen molar-refractivity contribution in [2.24, 2.45) is 5.73 Å². The summed E-state index contributed by atoms with van der Waals surface area (Å²) in [5, 5.41) is 8.93. The van der Waals surface area contributed by atoms with Gasteiger partial charge in [-0.15, -0.1) is 0 Å². The minimum atomic E-state index is -6.79. The molecule has 17 heteroatoms. The zero-order chi connectivity index (χ0) is 32.9. The Bertz CT molecular complexity index is 1630. The molecule has 0 aliphatic rings. The SMILES string of the molecule is CN(C(=O)c1ccc(C#N)cc1)c1c(F)ccc(C(N)=O)c1-c1c(Br)cc(C(F)(C(F)(F)F)C(F)(F)F)cc1C(F)(F)F. The number of nitrogens with zero attached hydrogens (tertiary/aromatic N) is 2. The first kappa shape index (κ1) is 33.3. The maximum atomic E-state index is 15.3. The van der Waals surface area contributed by atoms with Crippen LogP contribution in [-0.2, 0) is 11.8 Å². The van der Waals surface area contributed by atoms with E-state index in [0.717, 1.165) is 19.2 Å². The Morgan fingerprint density at radius 1 is 0.860 bits per heavy atom. The molecule has 3 rings (SSSR count). The number of carbonyl (C=O) groups is 2. The van der Waals surface area contributed by atoms with Crippen LogP contribution in [0.3, 0.4) is 0 Å². The van der Waals surface area contributed by atoms with Crippen LogP contribution >= 0.6 is 15.9 Å². The number of hydrogen-bond donors (Lipinski definition) is 1. The van der Waals surface area contributed by atoms with Crippen molar-refractivity contribution in [3.63, 3.8) is 0 Å². The highest BCUT2D eigenvalue weighted by molar-refractivity contribution is 9.10. The fraction of sp³-hybridized carbons (Fsp3) is 0.192. The van der Waals surface area contributed by atoms with Gasteiger partial charge in [-0.3, -0.25) is 9.59 Å². The van der Waals surface area contributed by atoms with E-state index in [1.54, 1.807) is 6.07 Å². The first-order chi connectivity index (χ1) is 19.6. The van der Waals surface area contributed by atoms with Crippen molar-refractivity contribution >= 4 is 33.4 Å². The van der Waals surface area contributed by atoms with Gasteiger partial charge in [-0.1, -0.05) is 15.9 Å². The number of amides is 2. The van der Waals surface area contributed by atoms with Crippen LogP contribution in [0, 0.1) is 17.1 Å². The summed E-state index contributed by atoms with van der Waals surface area (Å²) >= 11 is 2.43. The van der Waals surface area contributed by atoms with E-state index in [-0.39, 0.29) is 17.2 Å². The van der Waals surface area contributed by atoms with Gasteiger partial charge in [0.25, 0.3) is 5.91 Å². The minimum Gasteiger partial charge on any atom is -0.366 e. The van der Waals surface area contributed by atoms with Crippen LogP contribution in [0.15, 0.2) is 53.0 Å². The number of nitriles is 1. The molecule has 0 bridgehead atoms. The number of anilines is 1. The van der Waals surface area contributed by atoms with E-state index in [9.17, 15) is 53.5 Å². The number of rotatable bonds is 5. The average molecular weight is 688 g/mol. The van der Waals surface area contributed by atoms with Crippen molar-refractivity contribution in [1.29, 1.82) is 5.26 Å². The second-order valence-electron chi connectivity index (χ2n) is 8.77. The summed E-state index contributed by atoms with van der Waals surface area (Å²) in [6, 6.07) is 6.34. The van der Waals surface area contributed by atoms with Crippen molar-refractivity contribution in [2.45, 2.75) is 24.2 Å². The van der Waals surface area contributed by atoms with Crippen molar-refractivity contribution in [3.8, 4) is 17.2 Å². The first-order valence-electron chi connectivity index (χ1n) is 11.2. The number of primary amides is 1. The number of carbonyl (C=O) groups excluding carboxylic acids is 2. The van der Waals surface area contributed by atoms with E-state index in [2.05, 4.69) is 15.9 Å². The third-order valence-electron chi connectivity index (χ3n) is 6.12. The monoisotopic (exact) mass is 687 g/mol. The fourth-order valence-electron chi connectivity index (χ4n) is 4.11. The predicted octanol–water partition coefficient (Wildman–Crippen LogP) is 7.81. The Morgan fingerprint density at radius 3 is 1.84 bits per heavy atom. The summed E-state index contributed by atoms with van der Waals surface area (Å²) in [6.45, 7) is 0. The van der Waals surface area contributed by atoms with Crippen molar-refractivity contribution in [2.75, 3.05) is 11.9 Å². The van der Waals surface area contributed by atoms with E-state index in [4.69, 9.17) is 11.0 Å².